The van der Waals surface area contributed by atoms with E-state index < -0.39 is 41.0 Å². The Morgan fingerprint density at radius 3 is 2.08 bits per heavy atom. The Kier molecular flexibility index (Phi) is 10.8. The molecule has 39 heavy (non-hydrogen) atoms. The topological polar surface area (TPSA) is 52.7 Å². The number of carbonyl (C=O) groups excluding carboxylic acids is 2. The number of carbonyl (C=O) groups is 2. The zero-order valence-electron chi connectivity index (χ0n) is 21.9. The van der Waals surface area contributed by atoms with E-state index in [1.54, 1.807) is 0 Å². The highest BCUT2D eigenvalue weighted by atomic mass is 35.5. The first-order chi connectivity index (χ1) is 17.6. The molecule has 1 saturated heterocycles. The molecule has 0 bridgehead atoms. The number of aryl methyl sites for hydroxylation is 2. The maximum atomic E-state index is 13.4. The van der Waals surface area contributed by atoms with E-state index in [9.17, 15) is 35.9 Å². The number of benzene rings is 2. The van der Waals surface area contributed by atoms with E-state index in [1.165, 1.54) is 11.8 Å². The van der Waals surface area contributed by atoms with E-state index in [2.05, 4.69) is 10.2 Å². The lowest BCUT2D eigenvalue weighted by Gasteiger charge is -2.42. The lowest BCUT2D eigenvalue weighted by Crippen LogP contribution is -2.56. The molecule has 0 spiro atoms. The third-order valence-electron chi connectivity index (χ3n) is 6.73. The number of hydrogen-bond donors (Lipinski definition) is 1. The van der Waals surface area contributed by atoms with Gasteiger partial charge in [-0.2, -0.15) is 26.3 Å². The number of nitrogens with one attached hydrogen (secondary N) is 1. The van der Waals surface area contributed by atoms with Crippen molar-refractivity contribution in [2.75, 3.05) is 32.7 Å². The van der Waals surface area contributed by atoms with Crippen LogP contribution in [0.5, 0.6) is 0 Å². The second-order valence-corrected chi connectivity index (χ2v) is 9.71. The zero-order chi connectivity index (χ0) is 28.3. The van der Waals surface area contributed by atoms with E-state index in [0.29, 0.717) is 51.2 Å². The van der Waals surface area contributed by atoms with Gasteiger partial charge >= 0.3 is 12.4 Å². The summed E-state index contributed by atoms with van der Waals surface area (Å²) in [5, 5.41) is 2.72. The monoisotopic (exact) mass is 579 g/mol. The zero-order valence-corrected chi connectivity index (χ0v) is 22.7. The number of halogens is 7. The van der Waals surface area contributed by atoms with Crippen LogP contribution in [0.25, 0.3) is 0 Å². The molecule has 2 amide bonds. The van der Waals surface area contributed by atoms with Crippen molar-refractivity contribution in [3.63, 3.8) is 0 Å². The molecule has 0 aromatic heterocycles. The van der Waals surface area contributed by atoms with E-state index in [-0.39, 0.29) is 30.9 Å². The minimum Gasteiger partial charge on any atom is -0.356 e. The van der Waals surface area contributed by atoms with Crippen LogP contribution < -0.4 is 5.32 Å². The lowest BCUT2D eigenvalue weighted by atomic mass is 9.97. The molecule has 216 valence electrons. The minimum atomic E-state index is -5.04. The summed E-state index contributed by atoms with van der Waals surface area (Å²) in [6.45, 7) is 7.35. The summed E-state index contributed by atoms with van der Waals surface area (Å²) in [5.74, 6) is -1.01. The van der Waals surface area contributed by atoms with E-state index in [0.717, 1.165) is 16.7 Å². The SMILES string of the molecule is CC(=O)NCCCN1CCN(C(=O)c2cc(C(F)(F)F)cc(C(F)(F)F)c2)[C@H](Cc2ccc(C)c(C)c2)C1.Cl. The van der Waals surface area contributed by atoms with Crippen LogP contribution in [0, 0.1) is 13.8 Å². The first-order valence-corrected chi connectivity index (χ1v) is 12.3. The van der Waals surface area contributed by atoms with Gasteiger partial charge in [-0.25, -0.2) is 0 Å². The van der Waals surface area contributed by atoms with E-state index >= 15 is 0 Å². The molecule has 2 aromatic rings. The molecule has 12 heteroatoms. The van der Waals surface area contributed by atoms with Crippen molar-refractivity contribution in [2.45, 2.75) is 52.0 Å². The molecule has 2 aromatic carbocycles. The van der Waals surface area contributed by atoms with Crippen molar-refractivity contribution in [1.82, 2.24) is 15.1 Å². The molecule has 0 radical (unpaired) electrons. The van der Waals surface area contributed by atoms with Gasteiger partial charge in [0.2, 0.25) is 5.91 Å². The van der Waals surface area contributed by atoms with Crippen LogP contribution >= 0.6 is 12.4 Å². The molecule has 0 saturated carbocycles. The van der Waals surface area contributed by atoms with Crippen LogP contribution in [0.15, 0.2) is 36.4 Å². The molecule has 1 N–H and O–H groups in total. The fraction of sp³-hybridized carbons (Fsp3) is 0.481. The van der Waals surface area contributed by atoms with Crippen molar-refractivity contribution in [1.29, 1.82) is 0 Å². The van der Waals surface area contributed by atoms with Gasteiger partial charge in [0.15, 0.2) is 0 Å². The number of hydrogen-bond acceptors (Lipinski definition) is 3. The Labute approximate surface area is 229 Å². The highest BCUT2D eigenvalue weighted by molar-refractivity contribution is 5.95. The molecule has 1 fully saturated rings. The maximum Gasteiger partial charge on any atom is 0.416 e. The minimum absolute atomic E-state index is 0. The summed E-state index contributed by atoms with van der Waals surface area (Å²) < 4.78 is 80.4. The highest BCUT2D eigenvalue weighted by Crippen LogP contribution is 2.37. The fourth-order valence-corrected chi connectivity index (χ4v) is 4.58. The first kappa shape index (κ1) is 32.4. The van der Waals surface area contributed by atoms with E-state index in [4.69, 9.17) is 0 Å². The predicted octanol–water partition coefficient (Wildman–Crippen LogP) is 5.66. The van der Waals surface area contributed by atoms with Gasteiger partial charge in [0, 0.05) is 44.7 Å². The third-order valence-corrected chi connectivity index (χ3v) is 6.73. The molecular weight excluding hydrogens is 548 g/mol. The lowest BCUT2D eigenvalue weighted by molar-refractivity contribution is -0.143. The second-order valence-electron chi connectivity index (χ2n) is 9.71. The van der Waals surface area contributed by atoms with Crippen LogP contribution in [-0.4, -0.2) is 60.4 Å². The Morgan fingerprint density at radius 1 is 0.923 bits per heavy atom. The van der Waals surface area contributed by atoms with Gasteiger partial charge in [0.05, 0.1) is 11.1 Å². The molecule has 5 nitrogen and oxygen atoms in total. The van der Waals surface area contributed by atoms with Crippen LogP contribution in [-0.2, 0) is 23.6 Å². The average Bonchev–Trinajstić information content (AvgIpc) is 2.82. The molecule has 3 rings (SSSR count). The molecule has 1 aliphatic heterocycles. The smallest absolute Gasteiger partial charge is 0.356 e. The van der Waals surface area contributed by atoms with Crippen LogP contribution in [0.4, 0.5) is 26.3 Å². The molecular formula is C27H32ClF6N3O2. The Balaban J connectivity index is 0.00000533. The van der Waals surface area contributed by atoms with Crippen molar-refractivity contribution < 1.29 is 35.9 Å². The second kappa shape index (κ2) is 13.0. The van der Waals surface area contributed by atoms with Gasteiger partial charge in [0.1, 0.15) is 0 Å². The summed E-state index contributed by atoms with van der Waals surface area (Å²) >= 11 is 0. The summed E-state index contributed by atoms with van der Waals surface area (Å²) in [5.41, 5.74) is -0.645. The number of amides is 2. The van der Waals surface area contributed by atoms with Crippen LogP contribution in [0.2, 0.25) is 0 Å². The Hall–Kier alpha value is -2.79. The van der Waals surface area contributed by atoms with Crippen LogP contribution in [0.3, 0.4) is 0 Å². The molecule has 1 atom stereocenters. The molecule has 1 aliphatic rings. The van der Waals surface area contributed by atoms with Gasteiger partial charge in [-0.15, -0.1) is 12.4 Å². The fourth-order valence-electron chi connectivity index (χ4n) is 4.58. The van der Waals surface area contributed by atoms with Crippen molar-refractivity contribution in [2.24, 2.45) is 0 Å². The first-order valence-electron chi connectivity index (χ1n) is 12.3. The normalized spacial score (nSPS) is 16.5. The van der Waals surface area contributed by atoms with Crippen molar-refractivity contribution in [3.8, 4) is 0 Å². The van der Waals surface area contributed by atoms with Gasteiger partial charge in [-0.05, 0) is 68.1 Å². The number of nitrogens with zero attached hydrogens (tertiary/aromatic N) is 2. The largest absolute Gasteiger partial charge is 0.416 e. The number of alkyl halides is 6. The van der Waals surface area contributed by atoms with Gasteiger partial charge in [-0.3, -0.25) is 14.5 Å². The third kappa shape index (κ3) is 8.86. The maximum absolute atomic E-state index is 13.4. The molecule has 0 unspecified atom stereocenters. The summed E-state index contributed by atoms with van der Waals surface area (Å²) in [6, 6.07) is 6.36. The highest BCUT2D eigenvalue weighted by Gasteiger charge is 2.39. The Morgan fingerprint density at radius 2 is 1.54 bits per heavy atom. The van der Waals surface area contributed by atoms with Crippen LogP contribution in [0.1, 0.15) is 51.5 Å². The average molecular weight is 580 g/mol. The van der Waals surface area contributed by atoms with Gasteiger partial charge in [-0.1, -0.05) is 18.2 Å². The summed E-state index contributed by atoms with van der Waals surface area (Å²) in [4.78, 5) is 28.0. The summed E-state index contributed by atoms with van der Waals surface area (Å²) in [7, 11) is 0. The van der Waals surface area contributed by atoms with E-state index in [1.807, 2.05) is 32.0 Å². The number of piperazine rings is 1. The summed E-state index contributed by atoms with van der Waals surface area (Å²) in [6.07, 6.45) is -9.03. The Bertz CT molecular complexity index is 1140. The van der Waals surface area contributed by atoms with Crippen molar-refractivity contribution >= 4 is 24.2 Å². The van der Waals surface area contributed by atoms with Crippen molar-refractivity contribution in [3.05, 3.63) is 69.8 Å². The standard InChI is InChI=1S/C27H31F6N3O2.ClH/c1-17-5-6-20(11-18(17)2)12-24-16-35(8-4-7-34-19(3)37)9-10-36(24)25(38)21-13-22(26(28,29)30)15-23(14-21)27(31,32)33;/h5-6,11,13-15,24H,4,7-10,12,16H2,1-3H3,(H,34,37);1H/t24-;/m1./s1. The molecule has 1 heterocycles. The molecule has 0 aliphatic carbocycles. The van der Waals surface area contributed by atoms with Gasteiger partial charge < -0.3 is 10.2 Å². The predicted molar refractivity (Wildman–Crippen MR) is 138 cm³/mol. The number of rotatable bonds is 7. The van der Waals surface area contributed by atoms with Gasteiger partial charge in [0.25, 0.3) is 5.91 Å². The quantitative estimate of drug-likeness (QED) is 0.340.